The molecule has 60 heavy (non-hydrogen) atoms. The molecule has 0 aromatic heterocycles. The van der Waals surface area contributed by atoms with E-state index in [2.05, 4.69) is 50.4 Å². The van der Waals surface area contributed by atoms with Gasteiger partial charge in [-0.1, -0.05) is 142 Å². The Morgan fingerprint density at radius 1 is 0.733 bits per heavy atom. The Morgan fingerprint density at radius 3 is 1.68 bits per heavy atom. The summed E-state index contributed by atoms with van der Waals surface area (Å²) in [5.74, 6) is -1.14. The van der Waals surface area contributed by atoms with Crippen LogP contribution < -0.4 is 15.7 Å². The van der Waals surface area contributed by atoms with Crippen LogP contribution in [0.25, 0.3) is 11.1 Å². The summed E-state index contributed by atoms with van der Waals surface area (Å²) >= 11 is 6.12. The number of hydrogen-bond donors (Lipinski definition) is 1. The molecule has 0 radical (unpaired) electrons. The van der Waals surface area contributed by atoms with E-state index in [1.165, 1.54) is 4.90 Å². The summed E-state index contributed by atoms with van der Waals surface area (Å²) in [5, 5.41) is 4.68. The van der Waals surface area contributed by atoms with Gasteiger partial charge in [0.2, 0.25) is 0 Å². The van der Waals surface area contributed by atoms with E-state index in [4.69, 9.17) is 30.9 Å². The molecular formula is C49H62N2O7SSi. The average molecular weight is 851 g/mol. The molecule has 0 unspecified atom stereocenters. The van der Waals surface area contributed by atoms with Crippen molar-refractivity contribution in [1.29, 1.82) is 0 Å². The molecule has 0 spiro atoms. The predicted octanol–water partition coefficient (Wildman–Crippen LogP) is 8.95. The fourth-order valence-electron chi connectivity index (χ4n) is 8.08. The van der Waals surface area contributed by atoms with Crippen LogP contribution in [0.3, 0.4) is 0 Å². The Balaban J connectivity index is 1.47. The van der Waals surface area contributed by atoms with E-state index >= 15 is 4.79 Å². The summed E-state index contributed by atoms with van der Waals surface area (Å²) in [6, 6.07) is 34.2. The lowest BCUT2D eigenvalue weighted by atomic mass is 9.98. The van der Waals surface area contributed by atoms with Crippen LogP contribution in [0.4, 0.5) is 4.79 Å². The van der Waals surface area contributed by atoms with Gasteiger partial charge in [0.05, 0.1) is 22.7 Å². The average Bonchev–Trinajstić information content (AvgIpc) is 3.50. The molecular weight excluding hydrogens is 789 g/mol. The van der Waals surface area contributed by atoms with Gasteiger partial charge in [-0.3, -0.25) is 9.59 Å². The fraction of sp³-hybridized carbons (Fsp3) is 0.429. The number of carbonyl (C=O) groups excluding carboxylic acids is 3. The molecule has 1 aliphatic rings. The molecule has 1 aliphatic carbocycles. The van der Waals surface area contributed by atoms with Crippen molar-refractivity contribution in [1.82, 2.24) is 10.2 Å². The number of benzene rings is 4. The van der Waals surface area contributed by atoms with E-state index < -0.39 is 60.8 Å². The molecule has 0 saturated heterocycles. The zero-order valence-corrected chi connectivity index (χ0v) is 38.9. The van der Waals surface area contributed by atoms with Gasteiger partial charge in [-0.25, -0.2) is 4.79 Å². The summed E-state index contributed by atoms with van der Waals surface area (Å²) in [5.41, 5.74) is 3.06. The first-order chi connectivity index (χ1) is 28.1. The first-order valence-electron chi connectivity index (χ1n) is 20.7. The second-order valence-corrected chi connectivity index (χ2v) is 23.2. The van der Waals surface area contributed by atoms with Crippen LogP contribution >= 0.6 is 12.2 Å². The number of esters is 1. The van der Waals surface area contributed by atoms with Crippen molar-refractivity contribution in [3.63, 3.8) is 0 Å². The van der Waals surface area contributed by atoms with Crippen LogP contribution in [0.1, 0.15) is 99.1 Å². The molecule has 1 N–H and O–H groups in total. The molecule has 4 aromatic rings. The van der Waals surface area contributed by atoms with Crippen LogP contribution in [0.2, 0.25) is 5.04 Å². The molecule has 5 rings (SSSR count). The van der Waals surface area contributed by atoms with Crippen molar-refractivity contribution in [3.8, 4) is 11.1 Å². The molecule has 0 heterocycles. The van der Waals surface area contributed by atoms with E-state index in [0.717, 1.165) is 32.6 Å². The summed E-state index contributed by atoms with van der Waals surface area (Å²) in [4.78, 5) is 43.8. The van der Waals surface area contributed by atoms with Crippen molar-refractivity contribution < 1.29 is 33.0 Å². The molecule has 4 aromatic carbocycles. The molecule has 9 nitrogen and oxygen atoms in total. The predicted molar refractivity (Wildman–Crippen MR) is 245 cm³/mol. The van der Waals surface area contributed by atoms with E-state index in [0.29, 0.717) is 0 Å². The first-order valence-corrected chi connectivity index (χ1v) is 23.1. The summed E-state index contributed by atoms with van der Waals surface area (Å²) in [7, 11) is -1.76. The third-order valence-corrected chi connectivity index (χ3v) is 16.0. The number of likely N-dealkylation sites (N-methyl/N-ethyl adjacent to an activating group) is 1. The maximum atomic E-state index is 15.0. The quantitative estimate of drug-likeness (QED) is 0.0757. The Labute approximate surface area is 363 Å². The maximum absolute atomic E-state index is 15.0. The lowest BCUT2D eigenvalue weighted by Gasteiger charge is -2.43. The van der Waals surface area contributed by atoms with Crippen LogP contribution in [0.15, 0.2) is 109 Å². The molecule has 320 valence electrons. The highest BCUT2D eigenvalue weighted by Crippen LogP contribution is 2.44. The van der Waals surface area contributed by atoms with Gasteiger partial charge in [0.1, 0.15) is 18.2 Å². The van der Waals surface area contributed by atoms with Crippen molar-refractivity contribution in [2.75, 3.05) is 13.7 Å². The normalized spacial score (nSPS) is 14.5. The van der Waals surface area contributed by atoms with Crippen LogP contribution in [-0.4, -0.2) is 79.3 Å². The highest BCUT2D eigenvalue weighted by Gasteiger charge is 2.54. The van der Waals surface area contributed by atoms with Crippen LogP contribution in [-0.2, 0) is 28.2 Å². The van der Waals surface area contributed by atoms with Crippen molar-refractivity contribution in [2.45, 2.75) is 122 Å². The van der Waals surface area contributed by atoms with Gasteiger partial charge in [0.15, 0.2) is 0 Å². The van der Waals surface area contributed by atoms with Gasteiger partial charge < -0.3 is 28.9 Å². The molecule has 0 fully saturated rings. The van der Waals surface area contributed by atoms with Gasteiger partial charge >= 0.3 is 26.3 Å². The Bertz CT molecular complexity index is 2040. The number of nitrogens with one attached hydrogen (secondary N) is 1. The van der Waals surface area contributed by atoms with Gasteiger partial charge in [0, 0.05) is 19.4 Å². The van der Waals surface area contributed by atoms with Gasteiger partial charge in [-0.15, -0.1) is 0 Å². The fourth-order valence-corrected chi connectivity index (χ4v) is 12.8. The topological polar surface area (TPSA) is 103 Å². The third-order valence-electron chi connectivity index (χ3n) is 10.7. The van der Waals surface area contributed by atoms with E-state index in [1.807, 2.05) is 113 Å². The van der Waals surface area contributed by atoms with Crippen LogP contribution in [0, 0.1) is 0 Å². The van der Waals surface area contributed by atoms with Crippen molar-refractivity contribution in [3.05, 3.63) is 120 Å². The molecule has 11 heteroatoms. The highest BCUT2D eigenvalue weighted by atomic mass is 32.1. The zero-order chi connectivity index (χ0) is 44.0. The number of ether oxygens (including phenoxy) is 3. The second-order valence-electron chi connectivity index (χ2n) is 18.6. The molecule has 0 saturated carbocycles. The minimum Gasteiger partial charge on any atom is -0.508 e. The minimum atomic E-state index is -3.36. The molecule has 1 amide bonds. The number of hydrogen-bond acceptors (Lipinski definition) is 8. The zero-order valence-electron chi connectivity index (χ0n) is 37.0. The second kappa shape index (κ2) is 18.8. The standard InChI is InChI=1S/C49H62N2O7SSi/c1-33(56-47(2,3)4)43(45(53)58-60(49(8,9)10,34-22-14-12-15-23-34)35-24-16-13-17-25-35)50-44(59)41(30-31-42(52)57-48(5,6)7)51(11)46(54)55-32-40-38-28-20-18-26-36(38)37-27-19-21-29-39(37)40/h12-29,33,40-41,43H,30-32H2,1-11H3,(H,50,59)/t33-,41+,43+/m1/s1. The number of nitrogens with zero attached hydrogens (tertiary/aromatic N) is 1. The van der Waals surface area contributed by atoms with Gasteiger partial charge in [0.25, 0.3) is 0 Å². The van der Waals surface area contributed by atoms with E-state index in [9.17, 15) is 9.59 Å². The summed E-state index contributed by atoms with van der Waals surface area (Å²) in [6.45, 7) is 19.4. The van der Waals surface area contributed by atoms with Crippen LogP contribution in [0.5, 0.6) is 0 Å². The Hall–Kier alpha value is -4.84. The molecule has 0 bridgehead atoms. The first kappa shape index (κ1) is 46.2. The number of thiocarbonyl (C=S) groups is 1. The minimum absolute atomic E-state index is 0.0457. The largest absolute Gasteiger partial charge is 0.508 e. The Morgan fingerprint density at radius 2 is 1.22 bits per heavy atom. The lowest BCUT2D eigenvalue weighted by molar-refractivity contribution is -0.155. The highest BCUT2D eigenvalue weighted by molar-refractivity contribution is 7.80. The third kappa shape index (κ3) is 10.9. The molecule has 0 aliphatic heterocycles. The van der Waals surface area contributed by atoms with Gasteiger partial charge in [-0.05, 0) is 92.6 Å². The summed E-state index contributed by atoms with van der Waals surface area (Å²) < 4.78 is 25.1. The number of fused-ring (bicyclic) bond motifs is 3. The smallest absolute Gasteiger partial charge is 0.410 e. The van der Waals surface area contributed by atoms with Crippen molar-refractivity contribution in [2.24, 2.45) is 0 Å². The monoisotopic (exact) mass is 850 g/mol. The Kier molecular flexibility index (Phi) is 14.5. The number of amides is 1. The van der Waals surface area contributed by atoms with E-state index in [-0.39, 0.29) is 30.4 Å². The summed E-state index contributed by atoms with van der Waals surface area (Å²) in [6.07, 6.45) is -1.30. The van der Waals surface area contributed by atoms with E-state index in [1.54, 1.807) is 27.8 Å². The van der Waals surface area contributed by atoms with Gasteiger partial charge in [-0.2, -0.15) is 0 Å². The molecule has 3 atom stereocenters. The van der Waals surface area contributed by atoms with Crippen molar-refractivity contribution >= 4 is 53.9 Å². The maximum Gasteiger partial charge on any atom is 0.410 e. The number of carbonyl (C=O) groups is 3. The lowest BCUT2D eigenvalue weighted by Crippen LogP contribution is -2.69. The SMILES string of the molecule is C[C@@H](OC(C)(C)C)[C@H](NC(=S)[C@H](CCC(=O)OC(C)(C)C)N(C)C(=O)OCC1c2ccccc2-c2ccccc21)C(=O)O[Si](c1ccccc1)(c1ccccc1)C(C)(C)C. The number of rotatable bonds is 14.